The van der Waals surface area contributed by atoms with E-state index in [-0.39, 0.29) is 11.2 Å². The fourth-order valence-corrected chi connectivity index (χ4v) is 3.45. The summed E-state index contributed by atoms with van der Waals surface area (Å²) in [5, 5.41) is 3.26. The quantitative estimate of drug-likeness (QED) is 0.676. The normalized spacial score (nSPS) is 24.2. The van der Waals surface area contributed by atoms with E-state index in [0.717, 1.165) is 45.1 Å². The van der Waals surface area contributed by atoms with Gasteiger partial charge in [-0.2, -0.15) is 8.78 Å². The van der Waals surface area contributed by atoms with Gasteiger partial charge in [0.05, 0.1) is 6.61 Å². The van der Waals surface area contributed by atoms with Crippen molar-refractivity contribution in [2.45, 2.75) is 26.0 Å². The fraction of sp³-hybridized carbons (Fsp3) is 0.588. The van der Waals surface area contributed by atoms with E-state index in [9.17, 15) is 8.78 Å². The number of para-hydroxylation sites is 1. The number of ether oxygens (including phenoxy) is 2. The van der Waals surface area contributed by atoms with Gasteiger partial charge < -0.3 is 19.7 Å². The fourth-order valence-electron chi connectivity index (χ4n) is 3.45. The van der Waals surface area contributed by atoms with Crippen molar-refractivity contribution in [1.29, 1.82) is 0 Å². The van der Waals surface area contributed by atoms with Crippen molar-refractivity contribution in [3.05, 3.63) is 29.8 Å². The van der Waals surface area contributed by atoms with Crippen LogP contribution in [-0.2, 0) is 11.3 Å². The van der Waals surface area contributed by atoms with Crippen molar-refractivity contribution >= 4 is 5.96 Å². The third kappa shape index (κ3) is 3.77. The van der Waals surface area contributed by atoms with Crippen LogP contribution in [0.5, 0.6) is 5.75 Å². The average molecular weight is 339 g/mol. The van der Waals surface area contributed by atoms with Gasteiger partial charge in [0.2, 0.25) is 0 Å². The highest BCUT2D eigenvalue weighted by Gasteiger charge is 2.42. The third-order valence-electron chi connectivity index (χ3n) is 4.76. The number of guanidine groups is 1. The number of nitrogens with one attached hydrogen (secondary N) is 1. The maximum atomic E-state index is 12.5. The highest BCUT2D eigenvalue weighted by atomic mass is 19.3. The van der Waals surface area contributed by atoms with Crippen LogP contribution in [0.1, 0.15) is 18.4 Å². The molecular weight excluding hydrogens is 316 g/mol. The summed E-state index contributed by atoms with van der Waals surface area (Å²) in [6.07, 6.45) is 2.18. The van der Waals surface area contributed by atoms with Gasteiger partial charge in [-0.05, 0) is 18.9 Å². The second-order valence-corrected chi connectivity index (χ2v) is 6.36. The molecule has 2 heterocycles. The molecule has 1 aromatic rings. The summed E-state index contributed by atoms with van der Waals surface area (Å²) in [5.74, 6) is 0.975. The summed E-state index contributed by atoms with van der Waals surface area (Å²) in [4.78, 5) is 6.55. The van der Waals surface area contributed by atoms with E-state index in [0.29, 0.717) is 12.1 Å². The van der Waals surface area contributed by atoms with Gasteiger partial charge in [0.1, 0.15) is 5.75 Å². The number of alkyl halides is 2. The van der Waals surface area contributed by atoms with Crippen LogP contribution in [0.15, 0.2) is 29.3 Å². The maximum Gasteiger partial charge on any atom is 0.387 e. The van der Waals surface area contributed by atoms with Gasteiger partial charge in [0.25, 0.3) is 0 Å². The minimum absolute atomic E-state index is 0.192. The van der Waals surface area contributed by atoms with E-state index in [4.69, 9.17) is 4.74 Å². The number of hydrogen-bond donors (Lipinski definition) is 1. The van der Waals surface area contributed by atoms with Crippen molar-refractivity contribution in [2.24, 2.45) is 10.4 Å². The smallest absolute Gasteiger partial charge is 0.387 e. The van der Waals surface area contributed by atoms with Gasteiger partial charge in [0.15, 0.2) is 5.96 Å². The minimum Gasteiger partial charge on any atom is -0.434 e. The zero-order valence-corrected chi connectivity index (χ0v) is 13.8. The summed E-state index contributed by atoms with van der Waals surface area (Å²) in [6, 6.07) is 6.81. The Morgan fingerprint density at radius 1 is 1.42 bits per heavy atom. The first-order valence-electron chi connectivity index (χ1n) is 8.18. The molecule has 1 aromatic carbocycles. The number of benzene rings is 1. The zero-order chi connectivity index (χ0) is 17.0. The van der Waals surface area contributed by atoms with E-state index < -0.39 is 6.61 Å². The molecule has 0 saturated carbocycles. The second kappa shape index (κ2) is 7.34. The molecule has 24 heavy (non-hydrogen) atoms. The molecule has 2 saturated heterocycles. The van der Waals surface area contributed by atoms with Crippen molar-refractivity contribution in [1.82, 2.24) is 10.2 Å². The first kappa shape index (κ1) is 17.0. The Morgan fingerprint density at radius 2 is 2.25 bits per heavy atom. The molecule has 132 valence electrons. The Hall–Kier alpha value is -1.89. The Bertz CT molecular complexity index is 589. The van der Waals surface area contributed by atoms with Crippen LogP contribution >= 0.6 is 0 Å². The molecule has 2 fully saturated rings. The van der Waals surface area contributed by atoms with Crippen LogP contribution in [0.2, 0.25) is 0 Å². The second-order valence-electron chi connectivity index (χ2n) is 6.36. The third-order valence-corrected chi connectivity index (χ3v) is 4.76. The van der Waals surface area contributed by atoms with Crippen LogP contribution < -0.4 is 10.1 Å². The van der Waals surface area contributed by atoms with Crippen molar-refractivity contribution in [2.75, 3.05) is 33.4 Å². The van der Waals surface area contributed by atoms with Gasteiger partial charge >= 0.3 is 6.61 Å². The van der Waals surface area contributed by atoms with Crippen LogP contribution in [0.25, 0.3) is 0 Å². The molecular formula is C17H23F2N3O2. The molecule has 1 unspecified atom stereocenters. The van der Waals surface area contributed by atoms with Crippen LogP contribution in [-0.4, -0.2) is 50.8 Å². The highest BCUT2D eigenvalue weighted by molar-refractivity contribution is 5.80. The van der Waals surface area contributed by atoms with Gasteiger partial charge in [-0.25, -0.2) is 0 Å². The zero-order valence-electron chi connectivity index (χ0n) is 13.8. The number of hydrogen-bond acceptors (Lipinski definition) is 3. The lowest BCUT2D eigenvalue weighted by atomic mass is 9.87. The summed E-state index contributed by atoms with van der Waals surface area (Å²) in [7, 11) is 1.74. The van der Waals surface area contributed by atoms with Crippen LogP contribution in [0, 0.1) is 5.41 Å². The monoisotopic (exact) mass is 339 g/mol. The number of rotatable bonds is 4. The molecule has 0 radical (unpaired) electrons. The van der Waals surface area contributed by atoms with E-state index in [1.54, 1.807) is 31.3 Å². The lowest BCUT2D eigenvalue weighted by molar-refractivity contribution is -0.0504. The first-order chi connectivity index (χ1) is 11.6. The maximum absolute atomic E-state index is 12.5. The Morgan fingerprint density at radius 3 is 2.96 bits per heavy atom. The summed E-state index contributed by atoms with van der Waals surface area (Å²) < 4.78 is 35.1. The van der Waals surface area contributed by atoms with E-state index in [2.05, 4.69) is 19.9 Å². The average Bonchev–Trinajstić information content (AvgIpc) is 3.20. The lowest BCUT2D eigenvalue weighted by Crippen LogP contribution is -2.41. The largest absolute Gasteiger partial charge is 0.434 e. The molecule has 1 spiro atoms. The topological polar surface area (TPSA) is 46.1 Å². The summed E-state index contributed by atoms with van der Waals surface area (Å²) >= 11 is 0. The summed E-state index contributed by atoms with van der Waals surface area (Å²) in [6.45, 7) is 1.05. The molecule has 0 bridgehead atoms. The molecule has 7 heteroatoms. The first-order valence-corrected chi connectivity index (χ1v) is 8.18. The molecule has 2 aliphatic rings. The predicted octanol–water partition coefficient (Wildman–Crippen LogP) is 2.48. The van der Waals surface area contributed by atoms with Gasteiger partial charge in [0, 0.05) is 44.3 Å². The van der Waals surface area contributed by atoms with Gasteiger partial charge in [-0.1, -0.05) is 18.2 Å². The molecule has 0 aromatic heterocycles. The molecule has 5 nitrogen and oxygen atoms in total. The molecule has 3 rings (SSSR count). The van der Waals surface area contributed by atoms with Crippen molar-refractivity contribution in [3.8, 4) is 5.75 Å². The molecule has 2 aliphatic heterocycles. The SMILES string of the molecule is CN=C(NCc1ccccc1OC(F)F)N1CCC2(CCOC2)C1. The molecule has 0 amide bonds. The van der Waals surface area contributed by atoms with E-state index in [1.807, 2.05) is 0 Å². The van der Waals surface area contributed by atoms with E-state index in [1.165, 1.54) is 0 Å². The molecule has 1 atom stereocenters. The Balaban J connectivity index is 1.61. The van der Waals surface area contributed by atoms with Crippen molar-refractivity contribution in [3.63, 3.8) is 0 Å². The number of likely N-dealkylation sites (tertiary alicyclic amines) is 1. The van der Waals surface area contributed by atoms with Crippen LogP contribution in [0.3, 0.4) is 0 Å². The van der Waals surface area contributed by atoms with Crippen molar-refractivity contribution < 1.29 is 18.3 Å². The van der Waals surface area contributed by atoms with Gasteiger partial charge in [-0.15, -0.1) is 0 Å². The van der Waals surface area contributed by atoms with E-state index >= 15 is 0 Å². The minimum atomic E-state index is -2.83. The predicted molar refractivity (Wildman–Crippen MR) is 87.3 cm³/mol. The standard InChI is InChI=1S/C17H23F2N3O2/c1-20-16(22-8-6-17(11-22)7-9-23-12-17)21-10-13-4-2-3-5-14(13)24-15(18)19/h2-5,15H,6-12H2,1H3,(H,20,21). The number of aliphatic imine (C=N–C) groups is 1. The summed E-state index contributed by atoms with van der Waals surface area (Å²) in [5.41, 5.74) is 0.922. The van der Waals surface area contributed by atoms with Crippen LogP contribution in [0.4, 0.5) is 8.78 Å². The Kier molecular flexibility index (Phi) is 5.18. The molecule has 1 N–H and O–H groups in total. The number of nitrogens with zero attached hydrogens (tertiary/aromatic N) is 2. The highest BCUT2D eigenvalue weighted by Crippen LogP contribution is 2.38. The Labute approximate surface area is 140 Å². The number of halogens is 2. The lowest BCUT2D eigenvalue weighted by Gasteiger charge is -2.25. The van der Waals surface area contributed by atoms with Gasteiger partial charge in [-0.3, -0.25) is 4.99 Å². The molecule has 0 aliphatic carbocycles.